The minimum atomic E-state index is 0.824. The smallest absolute Gasteiger partial charge is 0.00696 e. The topological polar surface area (TPSA) is 24.1 Å². The van der Waals surface area contributed by atoms with Crippen LogP contribution in [0.5, 0.6) is 0 Å². The van der Waals surface area contributed by atoms with E-state index < -0.39 is 0 Å². The van der Waals surface area contributed by atoms with Gasteiger partial charge in [0.15, 0.2) is 0 Å². The van der Waals surface area contributed by atoms with E-state index >= 15 is 0 Å². The predicted molar refractivity (Wildman–Crippen MR) is 58.0 cm³/mol. The molecule has 0 aliphatic heterocycles. The van der Waals surface area contributed by atoms with Crippen molar-refractivity contribution in [1.29, 1.82) is 0 Å². The van der Waals surface area contributed by atoms with Gasteiger partial charge in [0.25, 0.3) is 0 Å². The van der Waals surface area contributed by atoms with E-state index in [-0.39, 0.29) is 0 Å². The fourth-order valence-electron chi connectivity index (χ4n) is 2.13. The van der Waals surface area contributed by atoms with E-state index in [0.29, 0.717) is 0 Å². The Morgan fingerprint density at radius 1 is 1.15 bits per heavy atom. The first-order chi connectivity index (χ1) is 6.33. The summed E-state index contributed by atoms with van der Waals surface area (Å²) in [5.74, 6) is 0.954. The van der Waals surface area contributed by atoms with E-state index in [9.17, 15) is 0 Å². The molecule has 1 aliphatic rings. The molecule has 0 saturated heterocycles. The van der Waals surface area contributed by atoms with Gasteiger partial charge in [0, 0.05) is 6.04 Å². The van der Waals surface area contributed by atoms with E-state index in [4.69, 9.17) is 0 Å². The quantitative estimate of drug-likeness (QED) is 0.615. The zero-order valence-electron chi connectivity index (χ0n) is 9.10. The Morgan fingerprint density at radius 2 is 1.92 bits per heavy atom. The van der Waals surface area contributed by atoms with Gasteiger partial charge in [-0.05, 0) is 58.2 Å². The van der Waals surface area contributed by atoms with Crippen LogP contribution in [0.25, 0.3) is 0 Å². The summed E-state index contributed by atoms with van der Waals surface area (Å²) in [5.41, 5.74) is 0. The first kappa shape index (κ1) is 11.0. The zero-order chi connectivity index (χ0) is 9.52. The molecule has 2 heteroatoms. The second-order valence-corrected chi connectivity index (χ2v) is 4.38. The van der Waals surface area contributed by atoms with Crippen molar-refractivity contribution in [1.82, 2.24) is 10.6 Å². The van der Waals surface area contributed by atoms with Gasteiger partial charge >= 0.3 is 0 Å². The Bertz CT molecular complexity index is 125. The van der Waals surface area contributed by atoms with Crippen molar-refractivity contribution in [3.63, 3.8) is 0 Å². The Labute approximate surface area is 82.5 Å². The summed E-state index contributed by atoms with van der Waals surface area (Å²) in [6.07, 6.45) is 6.82. The maximum absolute atomic E-state index is 3.64. The Kier molecular flexibility index (Phi) is 5.40. The van der Waals surface area contributed by atoms with Gasteiger partial charge in [0.2, 0.25) is 0 Å². The van der Waals surface area contributed by atoms with Crippen LogP contribution in [-0.4, -0.2) is 26.2 Å². The Morgan fingerprint density at radius 3 is 2.54 bits per heavy atom. The van der Waals surface area contributed by atoms with Crippen LogP contribution in [0.3, 0.4) is 0 Å². The molecule has 0 bridgehead atoms. The molecule has 0 amide bonds. The van der Waals surface area contributed by atoms with Crippen molar-refractivity contribution in [2.75, 3.05) is 20.1 Å². The lowest BCUT2D eigenvalue weighted by Crippen LogP contribution is -2.27. The molecule has 0 heterocycles. The molecule has 0 aromatic rings. The molecule has 2 N–H and O–H groups in total. The number of unbranched alkanes of at least 4 members (excludes halogenated alkanes) is 1. The van der Waals surface area contributed by atoms with Crippen LogP contribution in [0, 0.1) is 5.92 Å². The molecule has 2 nitrogen and oxygen atoms in total. The summed E-state index contributed by atoms with van der Waals surface area (Å²) < 4.78 is 0. The lowest BCUT2D eigenvalue weighted by molar-refractivity contribution is 0.488. The molecule has 1 rings (SSSR count). The molecule has 0 radical (unpaired) electrons. The van der Waals surface area contributed by atoms with Gasteiger partial charge in [-0.2, -0.15) is 0 Å². The van der Waals surface area contributed by atoms with Crippen molar-refractivity contribution in [3.05, 3.63) is 0 Å². The molecule has 1 saturated carbocycles. The number of hydrogen-bond acceptors (Lipinski definition) is 2. The second-order valence-electron chi connectivity index (χ2n) is 4.38. The first-order valence-corrected chi connectivity index (χ1v) is 5.71. The van der Waals surface area contributed by atoms with Crippen LogP contribution in [0.1, 0.15) is 39.0 Å². The van der Waals surface area contributed by atoms with Crippen molar-refractivity contribution < 1.29 is 0 Å². The van der Waals surface area contributed by atoms with Gasteiger partial charge in [-0.25, -0.2) is 0 Å². The molecule has 13 heavy (non-hydrogen) atoms. The molecule has 78 valence electrons. The van der Waals surface area contributed by atoms with E-state index in [2.05, 4.69) is 17.6 Å². The van der Waals surface area contributed by atoms with Crippen LogP contribution in [0.2, 0.25) is 0 Å². The van der Waals surface area contributed by atoms with Crippen LogP contribution < -0.4 is 10.6 Å². The van der Waals surface area contributed by atoms with Gasteiger partial charge in [0.05, 0.1) is 0 Å². The molecule has 1 fully saturated rings. The molecule has 0 aromatic carbocycles. The summed E-state index contributed by atoms with van der Waals surface area (Å²) in [6, 6.07) is 0.824. The third kappa shape index (κ3) is 4.63. The third-order valence-corrected chi connectivity index (χ3v) is 2.98. The summed E-state index contributed by atoms with van der Waals surface area (Å²) in [5, 5.41) is 6.82. The maximum atomic E-state index is 3.64. The monoisotopic (exact) mass is 184 g/mol. The van der Waals surface area contributed by atoms with Crippen LogP contribution in [-0.2, 0) is 0 Å². The molecule has 0 spiro atoms. The van der Waals surface area contributed by atoms with Crippen molar-refractivity contribution >= 4 is 0 Å². The van der Waals surface area contributed by atoms with Gasteiger partial charge in [-0.1, -0.05) is 6.92 Å². The SMILES string of the molecule is CNCCCCNC1CCC(C)C1. The van der Waals surface area contributed by atoms with Gasteiger partial charge in [0.1, 0.15) is 0 Å². The van der Waals surface area contributed by atoms with E-state index in [0.717, 1.165) is 18.5 Å². The van der Waals surface area contributed by atoms with Gasteiger partial charge in [-0.3, -0.25) is 0 Å². The van der Waals surface area contributed by atoms with Gasteiger partial charge < -0.3 is 10.6 Å². The van der Waals surface area contributed by atoms with E-state index in [1.807, 2.05) is 7.05 Å². The highest BCUT2D eigenvalue weighted by Gasteiger charge is 2.19. The fourth-order valence-corrected chi connectivity index (χ4v) is 2.13. The first-order valence-electron chi connectivity index (χ1n) is 5.71. The fraction of sp³-hybridized carbons (Fsp3) is 1.00. The maximum Gasteiger partial charge on any atom is 0.00696 e. The second kappa shape index (κ2) is 6.39. The lowest BCUT2D eigenvalue weighted by Gasteiger charge is -2.11. The minimum Gasteiger partial charge on any atom is -0.320 e. The van der Waals surface area contributed by atoms with E-state index in [1.165, 1.54) is 38.6 Å². The van der Waals surface area contributed by atoms with Crippen molar-refractivity contribution in [3.8, 4) is 0 Å². The number of nitrogens with one attached hydrogen (secondary N) is 2. The molecular weight excluding hydrogens is 160 g/mol. The highest BCUT2D eigenvalue weighted by molar-refractivity contribution is 4.77. The van der Waals surface area contributed by atoms with Crippen LogP contribution in [0.15, 0.2) is 0 Å². The molecular formula is C11H24N2. The zero-order valence-corrected chi connectivity index (χ0v) is 9.10. The van der Waals surface area contributed by atoms with E-state index in [1.54, 1.807) is 0 Å². The summed E-state index contributed by atoms with van der Waals surface area (Å²) in [6.45, 7) is 4.73. The highest BCUT2D eigenvalue weighted by Crippen LogP contribution is 2.24. The summed E-state index contributed by atoms with van der Waals surface area (Å²) >= 11 is 0. The Hall–Kier alpha value is -0.0800. The molecule has 2 atom stereocenters. The van der Waals surface area contributed by atoms with Crippen LogP contribution in [0.4, 0.5) is 0 Å². The molecule has 0 aromatic heterocycles. The standard InChI is InChI=1S/C11H24N2/c1-10-5-6-11(9-10)13-8-4-3-7-12-2/h10-13H,3-9H2,1-2H3. The highest BCUT2D eigenvalue weighted by atomic mass is 14.9. The molecule has 2 unspecified atom stereocenters. The third-order valence-electron chi connectivity index (χ3n) is 2.98. The lowest BCUT2D eigenvalue weighted by atomic mass is 10.1. The van der Waals surface area contributed by atoms with Crippen molar-refractivity contribution in [2.45, 2.75) is 45.1 Å². The minimum absolute atomic E-state index is 0.824. The number of hydrogen-bond donors (Lipinski definition) is 2. The number of rotatable bonds is 6. The molecule has 1 aliphatic carbocycles. The predicted octanol–water partition coefficient (Wildman–Crippen LogP) is 1.76. The average Bonchev–Trinajstić information content (AvgIpc) is 2.51. The Balaban J connectivity index is 1.88. The van der Waals surface area contributed by atoms with Crippen molar-refractivity contribution in [2.24, 2.45) is 5.92 Å². The largest absolute Gasteiger partial charge is 0.320 e. The average molecular weight is 184 g/mol. The summed E-state index contributed by atoms with van der Waals surface area (Å²) in [4.78, 5) is 0. The van der Waals surface area contributed by atoms with Gasteiger partial charge in [-0.15, -0.1) is 0 Å². The summed E-state index contributed by atoms with van der Waals surface area (Å²) in [7, 11) is 2.02. The van der Waals surface area contributed by atoms with Crippen LogP contribution >= 0.6 is 0 Å². The normalized spacial score (nSPS) is 28.2.